The molecule has 1 amide bonds. The van der Waals surface area contributed by atoms with Gasteiger partial charge >= 0.3 is 5.97 Å². The Bertz CT molecular complexity index is 488. The Morgan fingerprint density at radius 2 is 2.23 bits per heavy atom. The lowest BCUT2D eigenvalue weighted by molar-refractivity contribution is -0.142. The largest absolute Gasteiger partial charge is 0.480 e. The van der Waals surface area contributed by atoms with Gasteiger partial charge in [-0.05, 0) is 31.3 Å². The Hall–Kier alpha value is -1.66. The fraction of sp³-hybridized carbons (Fsp3) is 0.500. The molecule has 0 radical (unpaired) electrons. The Balaban J connectivity index is 2.80. The van der Waals surface area contributed by atoms with Crippen molar-refractivity contribution in [3.63, 3.8) is 0 Å². The monoisotopic (exact) mass is 324 g/mol. The highest BCUT2D eigenvalue weighted by Gasteiger charge is 2.26. The summed E-state index contributed by atoms with van der Waals surface area (Å²) in [6, 6.07) is 3.48. The van der Waals surface area contributed by atoms with E-state index < -0.39 is 12.0 Å². The summed E-state index contributed by atoms with van der Waals surface area (Å²) in [6.07, 6.45) is 2.50. The van der Waals surface area contributed by atoms with Gasteiger partial charge in [0.1, 0.15) is 0 Å². The molecule has 6 heteroatoms. The van der Waals surface area contributed by atoms with Crippen molar-refractivity contribution in [2.75, 3.05) is 19.6 Å². The number of carboxylic acids is 1. The molecule has 0 fully saturated rings. The lowest BCUT2D eigenvalue weighted by Gasteiger charge is -2.31. The van der Waals surface area contributed by atoms with Crippen molar-refractivity contribution in [1.29, 1.82) is 0 Å². The maximum absolute atomic E-state index is 12.7. The summed E-state index contributed by atoms with van der Waals surface area (Å²) in [7, 11) is 0. The minimum Gasteiger partial charge on any atom is -0.480 e. The van der Waals surface area contributed by atoms with Gasteiger partial charge in [-0.1, -0.05) is 19.1 Å². The van der Waals surface area contributed by atoms with Crippen LogP contribution in [-0.4, -0.2) is 52.5 Å². The molecule has 0 aromatic carbocycles. The topological polar surface area (TPSA) is 60.9 Å². The molecular weight excluding hydrogens is 300 g/mol. The van der Waals surface area contributed by atoms with Gasteiger partial charge in [0, 0.05) is 11.4 Å². The first-order valence-corrected chi connectivity index (χ1v) is 8.25. The molecule has 0 saturated heterocycles. The van der Waals surface area contributed by atoms with Gasteiger partial charge in [-0.15, -0.1) is 17.9 Å². The summed E-state index contributed by atoms with van der Waals surface area (Å²) >= 11 is 1.60. The lowest BCUT2D eigenvalue weighted by atomic mass is 10.2. The Kier molecular flexibility index (Phi) is 7.84. The summed E-state index contributed by atoms with van der Waals surface area (Å²) in [5.41, 5.74) is 0. The molecule has 1 atom stereocenters. The van der Waals surface area contributed by atoms with Gasteiger partial charge in [0.2, 0.25) is 5.91 Å². The molecule has 0 saturated carbocycles. The van der Waals surface area contributed by atoms with E-state index in [2.05, 4.69) is 6.58 Å². The Morgan fingerprint density at radius 3 is 2.73 bits per heavy atom. The molecule has 1 N–H and O–H groups in total. The molecule has 22 heavy (non-hydrogen) atoms. The van der Waals surface area contributed by atoms with Crippen LogP contribution in [0.4, 0.5) is 0 Å². The second-order valence-electron chi connectivity index (χ2n) is 5.13. The summed E-state index contributed by atoms with van der Waals surface area (Å²) in [5, 5.41) is 11.0. The van der Waals surface area contributed by atoms with Gasteiger partial charge in [0.05, 0.1) is 19.1 Å². The van der Waals surface area contributed by atoms with Crippen molar-refractivity contribution < 1.29 is 14.7 Å². The van der Waals surface area contributed by atoms with Gasteiger partial charge in [-0.2, -0.15) is 0 Å². The van der Waals surface area contributed by atoms with Crippen molar-refractivity contribution in [3.05, 3.63) is 35.0 Å². The number of carbonyl (C=O) groups excluding carboxylic acids is 1. The number of rotatable bonds is 10. The molecule has 5 nitrogen and oxygen atoms in total. The van der Waals surface area contributed by atoms with Crippen LogP contribution < -0.4 is 0 Å². The highest BCUT2D eigenvalue weighted by Crippen LogP contribution is 2.14. The summed E-state index contributed by atoms with van der Waals surface area (Å²) in [4.78, 5) is 28.2. The molecule has 1 heterocycles. The average molecular weight is 324 g/mol. The maximum atomic E-state index is 12.7. The van der Waals surface area contributed by atoms with Crippen LogP contribution in [0.5, 0.6) is 0 Å². The lowest BCUT2D eigenvalue weighted by Crippen LogP contribution is -2.48. The zero-order valence-electron chi connectivity index (χ0n) is 13.2. The second-order valence-corrected chi connectivity index (χ2v) is 6.16. The Morgan fingerprint density at radius 1 is 1.50 bits per heavy atom. The number of amides is 1. The first-order chi connectivity index (χ1) is 10.5. The molecule has 1 unspecified atom stereocenters. The van der Waals surface area contributed by atoms with Gasteiger partial charge < -0.3 is 10.0 Å². The third kappa shape index (κ3) is 5.61. The first-order valence-electron chi connectivity index (χ1n) is 7.37. The second kappa shape index (κ2) is 9.38. The van der Waals surface area contributed by atoms with E-state index in [-0.39, 0.29) is 12.5 Å². The smallest absolute Gasteiger partial charge is 0.317 e. The van der Waals surface area contributed by atoms with Gasteiger partial charge in [0.25, 0.3) is 0 Å². The molecule has 0 aliphatic rings. The van der Waals surface area contributed by atoms with E-state index >= 15 is 0 Å². The number of thiophene rings is 1. The fourth-order valence-electron chi connectivity index (χ4n) is 2.27. The van der Waals surface area contributed by atoms with Crippen LogP contribution in [0.3, 0.4) is 0 Å². The number of hydrogen-bond donors (Lipinski definition) is 1. The minimum absolute atomic E-state index is 0.0667. The quantitative estimate of drug-likeness (QED) is 0.672. The third-order valence-corrected chi connectivity index (χ3v) is 4.20. The van der Waals surface area contributed by atoms with Crippen LogP contribution in [-0.2, 0) is 16.1 Å². The van der Waals surface area contributed by atoms with E-state index in [1.54, 1.807) is 34.1 Å². The van der Waals surface area contributed by atoms with Crippen LogP contribution >= 0.6 is 11.3 Å². The van der Waals surface area contributed by atoms with Crippen molar-refractivity contribution in [2.24, 2.45) is 0 Å². The summed E-state index contributed by atoms with van der Waals surface area (Å²) in [6.45, 7) is 8.88. The van der Waals surface area contributed by atoms with E-state index in [1.807, 2.05) is 24.4 Å². The number of nitrogens with zero attached hydrogens (tertiary/aromatic N) is 2. The minimum atomic E-state index is -0.915. The van der Waals surface area contributed by atoms with Crippen LogP contribution in [0.25, 0.3) is 0 Å². The van der Waals surface area contributed by atoms with Gasteiger partial charge in [0.15, 0.2) is 0 Å². The molecule has 0 bridgehead atoms. The van der Waals surface area contributed by atoms with Crippen LogP contribution in [0.15, 0.2) is 30.2 Å². The first kappa shape index (κ1) is 18.4. The third-order valence-electron chi connectivity index (χ3n) is 3.34. The zero-order valence-corrected chi connectivity index (χ0v) is 14.0. The number of carboxylic acid groups (broad SMARTS) is 1. The fourth-order valence-corrected chi connectivity index (χ4v) is 2.99. The van der Waals surface area contributed by atoms with Crippen LogP contribution in [0.2, 0.25) is 0 Å². The van der Waals surface area contributed by atoms with Crippen LogP contribution in [0.1, 0.15) is 25.1 Å². The highest BCUT2D eigenvalue weighted by molar-refractivity contribution is 7.09. The van der Waals surface area contributed by atoms with E-state index in [0.29, 0.717) is 19.6 Å². The molecule has 1 aromatic rings. The van der Waals surface area contributed by atoms with Crippen molar-refractivity contribution in [1.82, 2.24) is 9.80 Å². The number of carbonyl (C=O) groups is 2. The molecule has 122 valence electrons. The molecule has 0 aliphatic carbocycles. The van der Waals surface area contributed by atoms with E-state index in [9.17, 15) is 9.59 Å². The average Bonchev–Trinajstić information content (AvgIpc) is 2.97. The summed E-state index contributed by atoms with van der Waals surface area (Å²) < 4.78 is 0. The summed E-state index contributed by atoms with van der Waals surface area (Å²) in [5.74, 6) is -0.982. The molecular formula is C16H24N2O3S. The SMILES string of the molecule is C=CCN(Cc1cccs1)C(=O)C(C)N(CCC)CC(=O)O. The molecule has 1 aromatic heterocycles. The normalized spacial score (nSPS) is 12.1. The zero-order chi connectivity index (χ0) is 16.5. The molecule has 0 aliphatic heterocycles. The standard InChI is InChI=1S/C16H24N2O3S/c1-4-8-17(12-15(19)20)13(3)16(21)18(9-5-2)11-14-7-6-10-22-14/h5-7,10,13H,2,4,8-9,11-12H2,1,3H3,(H,19,20). The van der Waals surface area contributed by atoms with E-state index in [1.165, 1.54) is 0 Å². The Labute approximate surface area is 135 Å². The number of hydrogen-bond acceptors (Lipinski definition) is 4. The highest BCUT2D eigenvalue weighted by atomic mass is 32.1. The van der Waals surface area contributed by atoms with Crippen molar-refractivity contribution >= 4 is 23.2 Å². The molecule has 1 rings (SSSR count). The number of aliphatic carboxylic acids is 1. The van der Waals surface area contributed by atoms with Crippen molar-refractivity contribution in [3.8, 4) is 0 Å². The van der Waals surface area contributed by atoms with Gasteiger partial charge in [-0.3, -0.25) is 14.5 Å². The maximum Gasteiger partial charge on any atom is 0.317 e. The predicted octanol–water partition coefficient (Wildman–Crippen LogP) is 2.45. The van der Waals surface area contributed by atoms with Crippen LogP contribution in [0, 0.1) is 0 Å². The van der Waals surface area contributed by atoms with Crippen molar-refractivity contribution in [2.45, 2.75) is 32.9 Å². The van der Waals surface area contributed by atoms with E-state index in [4.69, 9.17) is 5.11 Å². The predicted molar refractivity (Wildman–Crippen MR) is 88.9 cm³/mol. The van der Waals surface area contributed by atoms with Gasteiger partial charge in [-0.25, -0.2) is 0 Å². The van der Waals surface area contributed by atoms with E-state index in [0.717, 1.165) is 11.3 Å². The molecule has 0 spiro atoms.